The number of nitrogens with zero attached hydrogens (tertiary/aromatic N) is 4. The minimum absolute atomic E-state index is 0.00162. The summed E-state index contributed by atoms with van der Waals surface area (Å²) >= 11 is 0. The normalized spacial score (nSPS) is 11.0. The van der Waals surface area contributed by atoms with E-state index in [1.807, 2.05) is 0 Å². The average molecular weight is 214 g/mol. The fraction of sp³-hybridized carbons (Fsp3) is 0. The van der Waals surface area contributed by atoms with Crippen molar-refractivity contribution in [2.75, 3.05) is 0 Å². The van der Waals surface area contributed by atoms with Gasteiger partial charge in [0.05, 0.1) is 28.9 Å². The van der Waals surface area contributed by atoms with Gasteiger partial charge in [0.15, 0.2) is 5.69 Å². The number of hydrogen-bond acceptors (Lipinski definition) is 4. The van der Waals surface area contributed by atoms with Crippen LogP contribution in [0.4, 0.5) is 0 Å². The topological polar surface area (TPSA) is 80.4 Å². The first kappa shape index (κ1) is 8.78. The van der Waals surface area contributed by atoms with Crippen LogP contribution >= 0.6 is 0 Å². The molecule has 3 aromatic heterocycles. The van der Waals surface area contributed by atoms with Gasteiger partial charge in [-0.15, -0.1) is 0 Å². The third-order valence-electron chi connectivity index (χ3n) is 2.37. The number of aromatic carboxylic acids is 1. The lowest BCUT2D eigenvalue weighted by atomic mass is 10.3. The lowest BCUT2D eigenvalue weighted by Crippen LogP contribution is -1.98. The average Bonchev–Trinajstić information content (AvgIpc) is 2.73. The van der Waals surface area contributed by atoms with Gasteiger partial charge in [-0.25, -0.2) is 9.78 Å². The van der Waals surface area contributed by atoms with E-state index >= 15 is 0 Å². The van der Waals surface area contributed by atoms with Gasteiger partial charge in [0, 0.05) is 6.20 Å². The van der Waals surface area contributed by atoms with Crippen LogP contribution in [0.25, 0.3) is 16.6 Å². The summed E-state index contributed by atoms with van der Waals surface area (Å²) < 4.78 is 1.67. The zero-order chi connectivity index (χ0) is 11.1. The predicted molar refractivity (Wildman–Crippen MR) is 55.2 cm³/mol. The molecular weight excluding hydrogens is 208 g/mol. The van der Waals surface area contributed by atoms with Crippen LogP contribution in [-0.2, 0) is 0 Å². The maximum absolute atomic E-state index is 10.9. The number of rotatable bonds is 1. The zero-order valence-electron chi connectivity index (χ0n) is 8.03. The Balaban J connectivity index is 2.49. The number of carboxylic acid groups (broad SMARTS) is 1. The fourth-order valence-corrected chi connectivity index (χ4v) is 1.64. The maximum Gasteiger partial charge on any atom is 0.356 e. The largest absolute Gasteiger partial charge is 0.476 e. The number of fused-ring (bicyclic) bond motifs is 3. The van der Waals surface area contributed by atoms with Crippen molar-refractivity contribution in [2.24, 2.45) is 0 Å². The molecule has 0 aliphatic carbocycles. The fourth-order valence-electron chi connectivity index (χ4n) is 1.64. The van der Waals surface area contributed by atoms with Crippen LogP contribution < -0.4 is 0 Å². The van der Waals surface area contributed by atoms with E-state index in [1.165, 1.54) is 12.5 Å². The first-order valence-corrected chi connectivity index (χ1v) is 4.56. The summed E-state index contributed by atoms with van der Waals surface area (Å²) in [6, 6.07) is 1.76. The summed E-state index contributed by atoms with van der Waals surface area (Å²) in [6.45, 7) is 0. The molecule has 3 rings (SSSR count). The Kier molecular flexibility index (Phi) is 1.64. The molecule has 0 radical (unpaired) electrons. The van der Waals surface area contributed by atoms with Crippen molar-refractivity contribution in [2.45, 2.75) is 0 Å². The zero-order valence-corrected chi connectivity index (χ0v) is 8.03. The molecule has 0 amide bonds. The van der Waals surface area contributed by atoms with Gasteiger partial charge < -0.3 is 5.11 Å². The molecule has 6 nitrogen and oxygen atoms in total. The van der Waals surface area contributed by atoms with E-state index < -0.39 is 5.97 Å². The maximum atomic E-state index is 10.9. The van der Waals surface area contributed by atoms with Gasteiger partial charge in [0.1, 0.15) is 6.33 Å². The van der Waals surface area contributed by atoms with Crippen LogP contribution in [0, 0.1) is 0 Å². The third-order valence-corrected chi connectivity index (χ3v) is 2.37. The molecule has 78 valence electrons. The third kappa shape index (κ3) is 1.07. The smallest absolute Gasteiger partial charge is 0.356 e. The van der Waals surface area contributed by atoms with E-state index in [0.717, 1.165) is 11.0 Å². The molecule has 0 fully saturated rings. The lowest BCUT2D eigenvalue weighted by Gasteiger charge is -1.99. The van der Waals surface area contributed by atoms with Gasteiger partial charge in [-0.2, -0.15) is 0 Å². The first-order valence-electron chi connectivity index (χ1n) is 4.56. The highest BCUT2D eigenvalue weighted by Crippen LogP contribution is 2.15. The molecular formula is C10H6N4O2. The van der Waals surface area contributed by atoms with Gasteiger partial charge in [-0.1, -0.05) is 0 Å². The Morgan fingerprint density at radius 1 is 1.25 bits per heavy atom. The SMILES string of the molecule is O=C(O)c1ncn2c1cnc1ccncc12. The van der Waals surface area contributed by atoms with E-state index in [9.17, 15) is 4.79 Å². The molecule has 16 heavy (non-hydrogen) atoms. The first-order chi connectivity index (χ1) is 7.77. The minimum Gasteiger partial charge on any atom is -0.476 e. The van der Waals surface area contributed by atoms with Gasteiger partial charge in [-0.05, 0) is 6.07 Å². The van der Waals surface area contributed by atoms with Crippen molar-refractivity contribution in [3.05, 3.63) is 36.7 Å². The standard InChI is InChI=1S/C10H6N4O2/c15-10(16)9-8-4-12-6-1-2-11-3-7(6)14(8)5-13-9/h1-5H,(H,15,16). The highest BCUT2D eigenvalue weighted by atomic mass is 16.4. The summed E-state index contributed by atoms with van der Waals surface area (Å²) in [7, 11) is 0. The van der Waals surface area contributed by atoms with Gasteiger partial charge >= 0.3 is 5.97 Å². The van der Waals surface area contributed by atoms with Crippen LogP contribution in [0.2, 0.25) is 0 Å². The Bertz CT molecular complexity index is 704. The monoisotopic (exact) mass is 214 g/mol. The van der Waals surface area contributed by atoms with Crippen LogP contribution in [0.3, 0.4) is 0 Å². The Morgan fingerprint density at radius 2 is 2.12 bits per heavy atom. The summed E-state index contributed by atoms with van der Waals surface area (Å²) in [5.41, 5.74) is 1.95. The van der Waals surface area contributed by atoms with Crippen molar-refractivity contribution < 1.29 is 9.90 Å². The Labute approximate surface area is 89.2 Å². The molecule has 0 aliphatic heterocycles. The molecule has 0 unspecified atom stereocenters. The van der Waals surface area contributed by atoms with Crippen LogP contribution in [-0.4, -0.2) is 30.4 Å². The molecule has 0 spiro atoms. The van der Waals surface area contributed by atoms with Crippen LogP contribution in [0.15, 0.2) is 31.0 Å². The molecule has 0 aromatic carbocycles. The van der Waals surface area contributed by atoms with E-state index in [2.05, 4.69) is 15.0 Å². The van der Waals surface area contributed by atoms with Crippen molar-refractivity contribution in [3.8, 4) is 0 Å². The molecule has 0 aliphatic rings. The van der Waals surface area contributed by atoms with E-state index in [1.54, 1.807) is 22.9 Å². The van der Waals surface area contributed by atoms with E-state index in [4.69, 9.17) is 5.11 Å². The second-order valence-corrected chi connectivity index (χ2v) is 3.28. The van der Waals surface area contributed by atoms with Crippen molar-refractivity contribution >= 4 is 22.5 Å². The number of carbonyl (C=O) groups is 1. The molecule has 3 heterocycles. The van der Waals surface area contributed by atoms with Crippen LogP contribution in [0.1, 0.15) is 10.5 Å². The lowest BCUT2D eigenvalue weighted by molar-refractivity contribution is 0.0693. The number of pyridine rings is 1. The second-order valence-electron chi connectivity index (χ2n) is 3.28. The summed E-state index contributed by atoms with van der Waals surface area (Å²) in [5.74, 6) is -1.06. The summed E-state index contributed by atoms with van der Waals surface area (Å²) in [4.78, 5) is 22.9. The molecule has 0 saturated heterocycles. The number of imidazole rings is 1. The van der Waals surface area contributed by atoms with Crippen molar-refractivity contribution in [1.29, 1.82) is 0 Å². The molecule has 1 N–H and O–H groups in total. The highest BCUT2D eigenvalue weighted by Gasteiger charge is 2.13. The molecule has 0 bridgehead atoms. The number of hydrogen-bond donors (Lipinski definition) is 1. The highest BCUT2D eigenvalue weighted by molar-refractivity contribution is 5.94. The minimum atomic E-state index is -1.06. The van der Waals surface area contributed by atoms with Crippen LogP contribution in [0.5, 0.6) is 0 Å². The number of aromatic nitrogens is 4. The quantitative estimate of drug-likeness (QED) is 0.653. The molecule has 0 atom stereocenters. The van der Waals surface area contributed by atoms with Gasteiger partial charge in [0.2, 0.25) is 0 Å². The van der Waals surface area contributed by atoms with Gasteiger partial charge in [0.25, 0.3) is 0 Å². The van der Waals surface area contributed by atoms with E-state index in [0.29, 0.717) is 5.52 Å². The second kappa shape index (κ2) is 2.99. The predicted octanol–water partition coefficient (Wildman–Crippen LogP) is 0.976. The van der Waals surface area contributed by atoms with E-state index in [-0.39, 0.29) is 5.69 Å². The Hall–Kier alpha value is -2.50. The molecule has 3 aromatic rings. The van der Waals surface area contributed by atoms with Crippen molar-refractivity contribution in [3.63, 3.8) is 0 Å². The Morgan fingerprint density at radius 3 is 2.94 bits per heavy atom. The van der Waals surface area contributed by atoms with Crippen molar-refractivity contribution in [1.82, 2.24) is 19.4 Å². The summed E-state index contributed by atoms with van der Waals surface area (Å²) in [5, 5.41) is 8.92. The van der Waals surface area contributed by atoms with Gasteiger partial charge in [-0.3, -0.25) is 14.4 Å². The summed E-state index contributed by atoms with van der Waals surface area (Å²) in [6.07, 6.45) is 6.22. The number of carboxylic acids is 1. The molecule has 6 heteroatoms. The molecule has 0 saturated carbocycles.